The van der Waals surface area contributed by atoms with Crippen LogP contribution in [-0.4, -0.2) is 43.0 Å². The van der Waals surface area contributed by atoms with Crippen LogP contribution >= 0.6 is 0 Å². The van der Waals surface area contributed by atoms with Gasteiger partial charge in [0.15, 0.2) is 0 Å². The normalized spacial score (nSPS) is 36.2. The van der Waals surface area contributed by atoms with E-state index in [1.54, 1.807) is 0 Å². The van der Waals surface area contributed by atoms with Crippen molar-refractivity contribution in [1.82, 2.24) is 0 Å². The zero-order valence-electron chi connectivity index (χ0n) is 14.6. The van der Waals surface area contributed by atoms with Gasteiger partial charge in [0.25, 0.3) is 0 Å². The molecule has 148 valence electrons. The molecule has 9 heteroatoms. The summed E-state index contributed by atoms with van der Waals surface area (Å²) in [5.41, 5.74) is -0.674. The van der Waals surface area contributed by atoms with Crippen molar-refractivity contribution < 1.29 is 36.0 Å². The lowest BCUT2D eigenvalue weighted by molar-refractivity contribution is -0.202. The minimum absolute atomic E-state index is 0.154. The minimum atomic E-state index is -5.57. The Morgan fingerprint density at radius 1 is 1.27 bits per heavy atom. The van der Waals surface area contributed by atoms with Crippen molar-refractivity contribution in [2.45, 2.75) is 49.9 Å². The number of alkyl halides is 2. The van der Waals surface area contributed by atoms with Crippen molar-refractivity contribution in [2.75, 3.05) is 13.2 Å². The molecule has 0 aliphatic heterocycles. The van der Waals surface area contributed by atoms with Crippen LogP contribution in [0.4, 0.5) is 8.78 Å². The van der Waals surface area contributed by atoms with Gasteiger partial charge in [0.1, 0.15) is 12.2 Å². The Morgan fingerprint density at radius 3 is 2.38 bits per heavy atom. The molecule has 0 aromatic rings. The van der Waals surface area contributed by atoms with Gasteiger partial charge in [0.2, 0.25) is 0 Å². The van der Waals surface area contributed by atoms with Gasteiger partial charge in [0, 0.05) is 0 Å². The average Bonchev–Trinajstić information content (AvgIpc) is 2.50. The van der Waals surface area contributed by atoms with Crippen LogP contribution in [0.5, 0.6) is 0 Å². The van der Waals surface area contributed by atoms with E-state index in [9.17, 15) is 22.0 Å². The molecule has 0 saturated heterocycles. The molecule has 0 radical (unpaired) electrons. The highest BCUT2D eigenvalue weighted by Gasteiger charge is 2.57. The van der Waals surface area contributed by atoms with E-state index >= 15 is 0 Å². The maximum absolute atomic E-state index is 13.1. The van der Waals surface area contributed by atoms with Gasteiger partial charge in [-0.05, 0) is 55.8 Å². The molecule has 4 aliphatic rings. The van der Waals surface area contributed by atoms with Crippen molar-refractivity contribution in [3.8, 4) is 0 Å². The third-order valence-electron chi connectivity index (χ3n) is 6.25. The molecule has 6 nitrogen and oxygen atoms in total. The van der Waals surface area contributed by atoms with E-state index in [2.05, 4.69) is 18.2 Å². The Bertz CT molecular complexity index is 690. The molecule has 0 amide bonds. The lowest BCUT2D eigenvalue weighted by Crippen LogP contribution is -2.58. The van der Waals surface area contributed by atoms with Crippen LogP contribution in [0.1, 0.15) is 39.0 Å². The molecule has 3 unspecified atom stereocenters. The first kappa shape index (κ1) is 19.7. The van der Waals surface area contributed by atoms with Crippen LogP contribution in [-0.2, 0) is 24.4 Å². The highest BCUT2D eigenvalue weighted by Crippen LogP contribution is 2.59. The van der Waals surface area contributed by atoms with E-state index in [0.717, 1.165) is 12.8 Å². The molecule has 4 saturated carbocycles. The zero-order valence-corrected chi connectivity index (χ0v) is 15.4. The van der Waals surface area contributed by atoms with E-state index in [0.29, 0.717) is 17.8 Å². The molecular formula is C17H24F2O6S. The molecule has 0 aromatic heterocycles. The fraction of sp³-hybridized carbons (Fsp3) is 0.824. The molecule has 4 bridgehead atoms. The number of hydrogen-bond acceptors (Lipinski definition) is 5. The summed E-state index contributed by atoms with van der Waals surface area (Å²) in [5.74, 6) is 1.22. The van der Waals surface area contributed by atoms with Gasteiger partial charge >= 0.3 is 21.3 Å². The van der Waals surface area contributed by atoms with Crippen molar-refractivity contribution in [3.63, 3.8) is 0 Å². The molecular weight excluding hydrogens is 370 g/mol. The maximum Gasteiger partial charge on any atom is 0.392 e. The summed E-state index contributed by atoms with van der Waals surface area (Å²) in [6, 6.07) is 0. The van der Waals surface area contributed by atoms with Crippen molar-refractivity contribution in [1.29, 1.82) is 0 Å². The summed E-state index contributed by atoms with van der Waals surface area (Å²) >= 11 is 0. The zero-order chi connectivity index (χ0) is 19.3. The number of carbonyl (C=O) groups is 1. The second-order valence-corrected chi connectivity index (χ2v) is 9.61. The fourth-order valence-corrected chi connectivity index (χ4v) is 5.31. The van der Waals surface area contributed by atoms with Gasteiger partial charge in [-0.2, -0.15) is 17.2 Å². The second kappa shape index (κ2) is 6.53. The van der Waals surface area contributed by atoms with Crippen LogP contribution in [0.3, 0.4) is 0 Å². The molecule has 0 aromatic carbocycles. The third-order valence-corrected chi connectivity index (χ3v) is 7.13. The smallest absolute Gasteiger partial charge is 0.392 e. The number of rotatable bonds is 7. The summed E-state index contributed by atoms with van der Waals surface area (Å²) in [6.07, 6.45) is 5.17. The monoisotopic (exact) mass is 394 g/mol. The van der Waals surface area contributed by atoms with Gasteiger partial charge in [-0.25, -0.2) is 4.79 Å². The predicted octanol–water partition coefficient (Wildman–Crippen LogP) is 2.80. The molecule has 3 atom stereocenters. The summed E-state index contributed by atoms with van der Waals surface area (Å²) < 4.78 is 66.1. The lowest BCUT2D eigenvalue weighted by atomic mass is 9.50. The Labute approximate surface area is 151 Å². The number of hydrogen-bond donors (Lipinski definition) is 1. The Hall–Kier alpha value is -1.06. The summed E-state index contributed by atoms with van der Waals surface area (Å²) in [4.78, 5) is 12.4. The Morgan fingerprint density at radius 2 is 1.85 bits per heavy atom. The second-order valence-electron chi connectivity index (χ2n) is 8.06. The first-order valence-electron chi connectivity index (χ1n) is 8.77. The van der Waals surface area contributed by atoms with Crippen molar-refractivity contribution in [3.05, 3.63) is 12.2 Å². The highest BCUT2D eigenvalue weighted by atomic mass is 32.2. The van der Waals surface area contributed by atoms with Crippen LogP contribution < -0.4 is 0 Å². The third kappa shape index (κ3) is 3.53. The van der Waals surface area contributed by atoms with E-state index in [1.165, 1.54) is 19.3 Å². The van der Waals surface area contributed by atoms with Gasteiger partial charge in [-0.3, -0.25) is 4.55 Å². The maximum atomic E-state index is 13.1. The molecule has 4 rings (SSSR count). The van der Waals surface area contributed by atoms with Crippen molar-refractivity contribution >= 4 is 16.1 Å². The van der Waals surface area contributed by atoms with E-state index in [-0.39, 0.29) is 11.5 Å². The lowest BCUT2D eigenvalue weighted by Gasteiger charge is -2.59. The van der Waals surface area contributed by atoms with Crippen molar-refractivity contribution in [2.24, 2.45) is 23.7 Å². The SMILES string of the molecule is C=C(COCC(F)(F)S(=O)(=O)O)C(=O)OC12CC3CC(CC(C3)C1C)C2. The molecule has 26 heavy (non-hydrogen) atoms. The van der Waals surface area contributed by atoms with E-state index in [4.69, 9.17) is 9.29 Å². The van der Waals surface area contributed by atoms with Gasteiger partial charge in [-0.1, -0.05) is 13.5 Å². The first-order chi connectivity index (χ1) is 11.9. The van der Waals surface area contributed by atoms with Crippen LogP contribution in [0.15, 0.2) is 12.2 Å². The molecule has 4 fully saturated rings. The predicted molar refractivity (Wildman–Crippen MR) is 88.0 cm³/mol. The minimum Gasteiger partial charge on any atom is -0.455 e. The standard InChI is InChI=1S/C17H24F2O6S/c1-10(8-24-9-17(18,19)26(21,22)23)15(20)25-16-6-12-3-13(7-16)5-14(4-12)11(16)2/h11-14H,1,3-9H2,2H3,(H,21,22,23). The number of ether oxygens (including phenoxy) is 2. The molecule has 1 N–H and O–H groups in total. The quantitative estimate of drug-likeness (QED) is 0.406. The van der Waals surface area contributed by atoms with Gasteiger partial charge in [0.05, 0.1) is 12.2 Å². The fourth-order valence-electron chi connectivity index (χ4n) is 5.08. The highest BCUT2D eigenvalue weighted by molar-refractivity contribution is 7.86. The number of carbonyl (C=O) groups excluding carboxylic acids is 1. The van der Waals surface area contributed by atoms with Crippen LogP contribution in [0.25, 0.3) is 0 Å². The Balaban J connectivity index is 1.56. The number of esters is 1. The van der Waals surface area contributed by atoms with Crippen LogP contribution in [0.2, 0.25) is 0 Å². The summed E-state index contributed by atoms with van der Waals surface area (Å²) in [7, 11) is -5.57. The van der Waals surface area contributed by atoms with E-state index < -0.39 is 40.2 Å². The Kier molecular flexibility index (Phi) is 4.94. The largest absolute Gasteiger partial charge is 0.455 e. The summed E-state index contributed by atoms with van der Waals surface area (Å²) in [6.45, 7) is 3.45. The molecule has 4 aliphatic carbocycles. The van der Waals surface area contributed by atoms with Gasteiger partial charge < -0.3 is 9.47 Å². The molecule has 0 spiro atoms. The summed E-state index contributed by atoms with van der Waals surface area (Å²) in [5, 5.41) is -4.44. The number of halogens is 2. The topological polar surface area (TPSA) is 89.9 Å². The van der Waals surface area contributed by atoms with Crippen LogP contribution in [0, 0.1) is 23.7 Å². The van der Waals surface area contributed by atoms with E-state index in [1.807, 2.05) is 0 Å². The molecule has 0 heterocycles. The first-order valence-corrected chi connectivity index (χ1v) is 10.2. The van der Waals surface area contributed by atoms with Gasteiger partial charge in [-0.15, -0.1) is 0 Å². The average molecular weight is 394 g/mol.